The van der Waals surface area contributed by atoms with Gasteiger partial charge < -0.3 is 9.47 Å². The molecule has 0 amide bonds. The van der Waals surface area contributed by atoms with Gasteiger partial charge in [-0.15, -0.1) is 13.2 Å². The Morgan fingerprint density at radius 3 is 2.53 bits per heavy atom. The van der Waals surface area contributed by atoms with E-state index in [-0.39, 0.29) is 22.0 Å². The number of benzene rings is 1. The largest absolute Gasteiger partial charge is 0.573 e. The zero-order valence-electron chi connectivity index (χ0n) is 9.55. The molecular weight excluding hydrogens is 331 g/mol. The van der Waals surface area contributed by atoms with Gasteiger partial charge in [0.25, 0.3) is 0 Å². The Bertz CT molecular complexity index is 537. The van der Waals surface area contributed by atoms with Gasteiger partial charge in [-0.2, -0.15) is 5.26 Å². The first kappa shape index (κ1) is 15.3. The van der Waals surface area contributed by atoms with Crippen molar-refractivity contribution in [2.45, 2.75) is 11.7 Å². The van der Waals surface area contributed by atoms with Gasteiger partial charge in [0, 0.05) is 5.33 Å². The normalized spacial score (nSPS) is 10.7. The second-order valence-corrected chi connectivity index (χ2v) is 3.84. The third-order valence-corrected chi connectivity index (χ3v) is 2.68. The lowest BCUT2D eigenvalue weighted by atomic mass is 10.0. The summed E-state index contributed by atoms with van der Waals surface area (Å²) in [5.74, 6) is -1.49. The SMILES string of the molecule is COC(=O)c1cc(OC(F)(F)F)cc(C#N)c1CBr. The molecule has 0 aromatic heterocycles. The van der Waals surface area contributed by atoms with E-state index in [1.165, 1.54) is 0 Å². The number of esters is 1. The Hall–Kier alpha value is -1.75. The van der Waals surface area contributed by atoms with Crippen molar-refractivity contribution in [1.82, 2.24) is 0 Å². The third-order valence-electron chi connectivity index (χ3n) is 2.12. The molecule has 0 aliphatic rings. The molecular formula is C11H7BrF3NO3. The van der Waals surface area contributed by atoms with Gasteiger partial charge in [0.1, 0.15) is 5.75 Å². The van der Waals surface area contributed by atoms with Crippen molar-refractivity contribution in [2.24, 2.45) is 0 Å². The second-order valence-electron chi connectivity index (χ2n) is 3.28. The molecule has 0 aliphatic carbocycles. The molecule has 0 radical (unpaired) electrons. The van der Waals surface area contributed by atoms with E-state index >= 15 is 0 Å². The highest BCUT2D eigenvalue weighted by atomic mass is 79.9. The van der Waals surface area contributed by atoms with Crippen LogP contribution < -0.4 is 4.74 Å². The van der Waals surface area contributed by atoms with Crippen LogP contribution in [-0.4, -0.2) is 19.4 Å². The lowest BCUT2D eigenvalue weighted by Crippen LogP contribution is -2.18. The predicted molar refractivity (Wildman–Crippen MR) is 61.8 cm³/mol. The lowest BCUT2D eigenvalue weighted by molar-refractivity contribution is -0.274. The molecule has 1 aromatic rings. The van der Waals surface area contributed by atoms with Gasteiger partial charge >= 0.3 is 12.3 Å². The van der Waals surface area contributed by atoms with Crippen LogP contribution in [-0.2, 0) is 10.1 Å². The maximum absolute atomic E-state index is 12.1. The van der Waals surface area contributed by atoms with Crippen molar-refractivity contribution in [3.8, 4) is 11.8 Å². The van der Waals surface area contributed by atoms with E-state index in [9.17, 15) is 18.0 Å². The Morgan fingerprint density at radius 2 is 2.11 bits per heavy atom. The molecule has 0 spiro atoms. The van der Waals surface area contributed by atoms with E-state index in [1.54, 1.807) is 6.07 Å². The minimum atomic E-state index is -4.91. The Labute approximate surface area is 114 Å². The number of methoxy groups -OCH3 is 1. The maximum atomic E-state index is 12.1. The standard InChI is InChI=1S/C11H7BrF3NO3/c1-18-10(17)8-3-7(19-11(13,14)15)2-6(5-16)9(8)4-12/h2-3H,4H2,1H3. The van der Waals surface area contributed by atoms with Gasteiger partial charge in [-0.1, -0.05) is 15.9 Å². The topological polar surface area (TPSA) is 59.3 Å². The van der Waals surface area contributed by atoms with Crippen LogP contribution in [0.25, 0.3) is 0 Å². The predicted octanol–water partition coefficient (Wildman–Crippen LogP) is 3.14. The number of nitriles is 1. The van der Waals surface area contributed by atoms with Gasteiger partial charge in [0.2, 0.25) is 0 Å². The highest BCUT2D eigenvalue weighted by molar-refractivity contribution is 9.08. The van der Waals surface area contributed by atoms with Gasteiger partial charge in [0.15, 0.2) is 0 Å². The molecule has 0 unspecified atom stereocenters. The summed E-state index contributed by atoms with van der Waals surface area (Å²) < 4.78 is 44.6. The van der Waals surface area contributed by atoms with Crippen molar-refractivity contribution >= 4 is 21.9 Å². The first-order valence-corrected chi connectivity index (χ1v) is 5.91. The van der Waals surface area contributed by atoms with Crippen molar-refractivity contribution < 1.29 is 27.4 Å². The van der Waals surface area contributed by atoms with E-state index < -0.39 is 18.1 Å². The number of nitrogens with zero attached hydrogens (tertiary/aromatic N) is 1. The summed E-state index contributed by atoms with van der Waals surface area (Å²) in [5, 5.41) is 9.01. The molecule has 102 valence electrons. The highest BCUT2D eigenvalue weighted by Gasteiger charge is 2.32. The van der Waals surface area contributed by atoms with Gasteiger partial charge in [0.05, 0.1) is 24.3 Å². The average molecular weight is 338 g/mol. The first-order valence-electron chi connectivity index (χ1n) is 4.79. The minimum Gasteiger partial charge on any atom is -0.465 e. The quantitative estimate of drug-likeness (QED) is 0.628. The summed E-state index contributed by atoms with van der Waals surface area (Å²) in [6.07, 6.45) is -4.91. The Kier molecular flexibility index (Phi) is 4.78. The van der Waals surface area contributed by atoms with E-state index in [0.29, 0.717) is 0 Å². The van der Waals surface area contributed by atoms with Crippen LogP contribution in [0.5, 0.6) is 5.75 Å². The number of ether oxygens (including phenoxy) is 2. The number of alkyl halides is 4. The first-order chi connectivity index (χ1) is 8.82. The summed E-state index contributed by atoms with van der Waals surface area (Å²) in [5.41, 5.74) is -0.0134. The van der Waals surface area contributed by atoms with E-state index in [2.05, 4.69) is 25.4 Å². The fourth-order valence-corrected chi connectivity index (χ4v) is 1.98. The van der Waals surface area contributed by atoms with Crippen LogP contribution in [0, 0.1) is 11.3 Å². The number of rotatable bonds is 3. The zero-order chi connectivity index (χ0) is 14.6. The molecule has 0 aliphatic heterocycles. The molecule has 0 heterocycles. The fourth-order valence-electron chi connectivity index (χ4n) is 1.37. The summed E-state index contributed by atoms with van der Waals surface area (Å²) in [6.45, 7) is 0. The maximum Gasteiger partial charge on any atom is 0.573 e. The highest BCUT2D eigenvalue weighted by Crippen LogP contribution is 2.29. The smallest absolute Gasteiger partial charge is 0.465 e. The zero-order valence-corrected chi connectivity index (χ0v) is 11.1. The molecule has 0 atom stereocenters. The fraction of sp³-hybridized carbons (Fsp3) is 0.273. The molecule has 8 heteroatoms. The minimum absolute atomic E-state index is 0.0981. The molecule has 4 nitrogen and oxygen atoms in total. The average Bonchev–Trinajstić information content (AvgIpc) is 2.34. The van der Waals surface area contributed by atoms with Crippen LogP contribution in [0.3, 0.4) is 0 Å². The van der Waals surface area contributed by atoms with Crippen molar-refractivity contribution in [2.75, 3.05) is 7.11 Å². The summed E-state index contributed by atoms with van der Waals surface area (Å²) in [6, 6.07) is 3.51. The van der Waals surface area contributed by atoms with Crippen LogP contribution in [0.15, 0.2) is 12.1 Å². The number of carbonyl (C=O) groups is 1. The number of halogens is 4. The molecule has 0 bridgehead atoms. The summed E-state index contributed by atoms with van der Waals surface area (Å²) in [4.78, 5) is 11.5. The molecule has 1 rings (SSSR count). The monoisotopic (exact) mass is 337 g/mol. The van der Waals surface area contributed by atoms with Crippen LogP contribution in [0.4, 0.5) is 13.2 Å². The van der Waals surface area contributed by atoms with Crippen molar-refractivity contribution in [1.29, 1.82) is 5.26 Å². The molecule has 1 aromatic carbocycles. The van der Waals surface area contributed by atoms with E-state index in [0.717, 1.165) is 19.2 Å². The van der Waals surface area contributed by atoms with E-state index in [1.807, 2.05) is 0 Å². The van der Waals surface area contributed by atoms with Crippen LogP contribution in [0.2, 0.25) is 0 Å². The Morgan fingerprint density at radius 1 is 1.47 bits per heavy atom. The number of hydrogen-bond acceptors (Lipinski definition) is 4. The van der Waals surface area contributed by atoms with Crippen molar-refractivity contribution in [3.05, 3.63) is 28.8 Å². The lowest BCUT2D eigenvalue weighted by Gasteiger charge is -2.13. The molecule has 0 saturated carbocycles. The van der Waals surface area contributed by atoms with Gasteiger partial charge in [-0.3, -0.25) is 0 Å². The number of hydrogen-bond donors (Lipinski definition) is 0. The van der Waals surface area contributed by atoms with Crippen LogP contribution in [0.1, 0.15) is 21.5 Å². The summed E-state index contributed by atoms with van der Waals surface area (Å²) in [7, 11) is 1.09. The third kappa shape index (κ3) is 3.86. The Balaban J connectivity index is 3.39. The second kappa shape index (κ2) is 5.93. The van der Waals surface area contributed by atoms with Crippen molar-refractivity contribution in [3.63, 3.8) is 0 Å². The number of carbonyl (C=O) groups excluding carboxylic acids is 1. The molecule has 19 heavy (non-hydrogen) atoms. The van der Waals surface area contributed by atoms with Gasteiger partial charge in [-0.05, 0) is 17.7 Å². The van der Waals surface area contributed by atoms with Gasteiger partial charge in [-0.25, -0.2) is 4.79 Å². The van der Waals surface area contributed by atoms with Crippen LogP contribution >= 0.6 is 15.9 Å². The summed E-state index contributed by atoms with van der Waals surface area (Å²) >= 11 is 3.06. The molecule has 0 N–H and O–H groups in total. The molecule has 0 saturated heterocycles. The molecule has 0 fully saturated rings. The van der Waals surface area contributed by atoms with E-state index in [4.69, 9.17) is 5.26 Å².